The largest absolute Gasteiger partial charge is 0.289 e. The number of hydrogen-bond acceptors (Lipinski definition) is 4. The van der Waals surface area contributed by atoms with Gasteiger partial charge in [0.1, 0.15) is 12.2 Å². The molecule has 1 aliphatic rings. The van der Waals surface area contributed by atoms with Crippen LogP contribution in [0.25, 0.3) is 0 Å². The molecule has 0 aliphatic carbocycles. The van der Waals surface area contributed by atoms with Crippen LogP contribution < -0.4 is 0 Å². The van der Waals surface area contributed by atoms with E-state index >= 15 is 0 Å². The minimum atomic E-state index is 0.303. The molecule has 0 spiro atoms. The van der Waals surface area contributed by atoms with Crippen LogP contribution in [0.1, 0.15) is 42.3 Å². The molecule has 5 heteroatoms. The van der Waals surface area contributed by atoms with E-state index in [0.717, 1.165) is 30.9 Å². The molecule has 5 nitrogen and oxygen atoms in total. The van der Waals surface area contributed by atoms with Crippen LogP contribution in [0.2, 0.25) is 0 Å². The van der Waals surface area contributed by atoms with Gasteiger partial charge in [-0.15, -0.1) is 0 Å². The summed E-state index contributed by atoms with van der Waals surface area (Å²) in [5.74, 6) is 0.945. The maximum absolute atomic E-state index is 8.98. The zero-order valence-electron chi connectivity index (χ0n) is 11.3. The van der Waals surface area contributed by atoms with Gasteiger partial charge in [0, 0.05) is 6.54 Å². The Morgan fingerprint density at radius 3 is 3.15 bits per heavy atom. The molecule has 1 aromatic heterocycles. The van der Waals surface area contributed by atoms with E-state index in [1.165, 1.54) is 18.4 Å². The van der Waals surface area contributed by atoms with Gasteiger partial charge in [0.15, 0.2) is 0 Å². The summed E-state index contributed by atoms with van der Waals surface area (Å²) in [6.07, 6.45) is 5.11. The topological polar surface area (TPSA) is 68.6 Å². The van der Waals surface area contributed by atoms with Crippen LogP contribution in [0, 0.1) is 11.3 Å². The van der Waals surface area contributed by atoms with Crippen molar-refractivity contribution in [2.24, 2.45) is 0 Å². The van der Waals surface area contributed by atoms with Crippen LogP contribution in [-0.4, -0.2) is 26.6 Å². The van der Waals surface area contributed by atoms with Gasteiger partial charge in [0.05, 0.1) is 17.7 Å². The Bertz CT molecular complexity index is 599. The number of piperidine rings is 1. The first-order valence-corrected chi connectivity index (χ1v) is 6.95. The third-order valence-corrected chi connectivity index (χ3v) is 3.80. The van der Waals surface area contributed by atoms with E-state index in [-0.39, 0.29) is 0 Å². The summed E-state index contributed by atoms with van der Waals surface area (Å²) in [5, 5.41) is 15.9. The number of rotatable bonds is 3. The Morgan fingerprint density at radius 1 is 1.40 bits per heavy atom. The first-order chi connectivity index (χ1) is 9.86. The highest BCUT2D eigenvalue weighted by atomic mass is 15.3. The minimum Gasteiger partial charge on any atom is -0.289 e. The van der Waals surface area contributed by atoms with E-state index in [2.05, 4.69) is 32.2 Å². The number of nitriles is 1. The molecule has 2 aromatic rings. The molecule has 1 N–H and O–H groups in total. The SMILES string of the molecule is N#Cc1cccc(CN2CCCC[C@@H]2c2ncn[nH]2)c1. The first-order valence-electron chi connectivity index (χ1n) is 6.95. The van der Waals surface area contributed by atoms with Crippen LogP contribution >= 0.6 is 0 Å². The van der Waals surface area contributed by atoms with Gasteiger partial charge in [-0.1, -0.05) is 18.6 Å². The number of aromatic amines is 1. The van der Waals surface area contributed by atoms with Gasteiger partial charge in [-0.05, 0) is 37.1 Å². The van der Waals surface area contributed by atoms with Crippen molar-refractivity contribution in [1.29, 1.82) is 5.26 Å². The van der Waals surface area contributed by atoms with Crippen molar-refractivity contribution in [1.82, 2.24) is 20.1 Å². The van der Waals surface area contributed by atoms with Crippen molar-refractivity contribution in [2.75, 3.05) is 6.54 Å². The standard InChI is InChI=1S/C15H17N5/c16-9-12-4-3-5-13(8-12)10-20-7-2-1-6-14(20)15-17-11-18-19-15/h3-5,8,11,14H,1-2,6-7,10H2,(H,17,18,19)/t14-/m1/s1. The summed E-state index contributed by atoms with van der Waals surface area (Å²) in [4.78, 5) is 6.72. The highest BCUT2D eigenvalue weighted by Gasteiger charge is 2.25. The molecule has 0 bridgehead atoms. The fourth-order valence-electron chi connectivity index (χ4n) is 2.84. The number of hydrogen-bond donors (Lipinski definition) is 1. The van der Waals surface area contributed by atoms with E-state index in [4.69, 9.17) is 5.26 Å². The van der Waals surface area contributed by atoms with E-state index in [1.807, 2.05) is 18.2 Å². The first kappa shape index (κ1) is 12.8. The summed E-state index contributed by atoms with van der Waals surface area (Å²) >= 11 is 0. The molecule has 1 aliphatic heterocycles. The Labute approximate surface area is 118 Å². The van der Waals surface area contributed by atoms with Gasteiger partial charge >= 0.3 is 0 Å². The van der Waals surface area contributed by atoms with Crippen LogP contribution in [-0.2, 0) is 6.54 Å². The Morgan fingerprint density at radius 2 is 2.35 bits per heavy atom. The van der Waals surface area contributed by atoms with Crippen LogP contribution in [0.15, 0.2) is 30.6 Å². The summed E-state index contributed by atoms with van der Waals surface area (Å²) in [6, 6.07) is 10.3. The molecule has 0 radical (unpaired) electrons. The maximum atomic E-state index is 8.98. The normalized spacial score (nSPS) is 19.6. The Kier molecular flexibility index (Phi) is 3.75. The second-order valence-corrected chi connectivity index (χ2v) is 5.16. The Hall–Kier alpha value is -2.19. The lowest BCUT2D eigenvalue weighted by Gasteiger charge is -2.34. The fraction of sp³-hybridized carbons (Fsp3) is 0.400. The van der Waals surface area contributed by atoms with Gasteiger partial charge < -0.3 is 0 Å². The molecule has 1 aromatic carbocycles. The van der Waals surface area contributed by atoms with Crippen molar-refractivity contribution in [2.45, 2.75) is 31.8 Å². The van der Waals surface area contributed by atoms with Gasteiger partial charge in [0.25, 0.3) is 0 Å². The third kappa shape index (κ3) is 2.70. The van der Waals surface area contributed by atoms with Crippen LogP contribution in [0.5, 0.6) is 0 Å². The summed E-state index contributed by atoms with van der Waals surface area (Å²) < 4.78 is 0. The lowest BCUT2D eigenvalue weighted by molar-refractivity contribution is 0.134. The summed E-state index contributed by atoms with van der Waals surface area (Å²) in [6.45, 7) is 1.91. The third-order valence-electron chi connectivity index (χ3n) is 3.80. The Balaban J connectivity index is 1.78. The zero-order chi connectivity index (χ0) is 13.8. The van der Waals surface area contributed by atoms with Crippen molar-refractivity contribution in [3.8, 4) is 6.07 Å². The zero-order valence-corrected chi connectivity index (χ0v) is 11.3. The average Bonchev–Trinajstić information content (AvgIpc) is 3.02. The number of nitrogens with zero attached hydrogens (tertiary/aromatic N) is 4. The molecule has 0 amide bonds. The predicted molar refractivity (Wildman–Crippen MR) is 74.5 cm³/mol. The predicted octanol–water partition coefficient (Wildman–Crippen LogP) is 2.40. The smallest absolute Gasteiger partial charge is 0.141 e. The lowest BCUT2D eigenvalue weighted by Crippen LogP contribution is -2.33. The molecule has 0 saturated carbocycles. The molecular formula is C15H17N5. The fourth-order valence-corrected chi connectivity index (χ4v) is 2.84. The number of H-pyrrole nitrogens is 1. The monoisotopic (exact) mass is 267 g/mol. The van der Waals surface area contributed by atoms with Crippen molar-refractivity contribution < 1.29 is 0 Å². The highest BCUT2D eigenvalue weighted by Crippen LogP contribution is 2.29. The van der Waals surface area contributed by atoms with Gasteiger partial charge in [0.2, 0.25) is 0 Å². The molecule has 3 rings (SSSR count). The van der Waals surface area contributed by atoms with Crippen molar-refractivity contribution in [3.63, 3.8) is 0 Å². The molecule has 2 heterocycles. The molecule has 102 valence electrons. The summed E-state index contributed by atoms with van der Waals surface area (Å²) in [7, 11) is 0. The molecular weight excluding hydrogens is 250 g/mol. The average molecular weight is 267 g/mol. The lowest BCUT2D eigenvalue weighted by atomic mass is 10.0. The van der Waals surface area contributed by atoms with E-state index < -0.39 is 0 Å². The number of likely N-dealkylation sites (tertiary alicyclic amines) is 1. The second kappa shape index (κ2) is 5.85. The van der Waals surface area contributed by atoms with Crippen LogP contribution in [0.3, 0.4) is 0 Å². The molecule has 20 heavy (non-hydrogen) atoms. The van der Waals surface area contributed by atoms with Gasteiger partial charge in [-0.25, -0.2) is 4.98 Å². The maximum Gasteiger partial charge on any atom is 0.141 e. The molecule has 1 atom stereocenters. The van der Waals surface area contributed by atoms with Crippen molar-refractivity contribution >= 4 is 0 Å². The van der Waals surface area contributed by atoms with Gasteiger partial charge in [-0.3, -0.25) is 10.00 Å². The van der Waals surface area contributed by atoms with E-state index in [1.54, 1.807) is 6.33 Å². The quantitative estimate of drug-likeness (QED) is 0.927. The van der Waals surface area contributed by atoms with Crippen LogP contribution in [0.4, 0.5) is 0 Å². The van der Waals surface area contributed by atoms with E-state index in [9.17, 15) is 0 Å². The molecule has 1 saturated heterocycles. The van der Waals surface area contributed by atoms with Gasteiger partial charge in [-0.2, -0.15) is 10.4 Å². The summed E-state index contributed by atoms with van der Waals surface area (Å²) in [5.41, 5.74) is 1.89. The van der Waals surface area contributed by atoms with E-state index in [0.29, 0.717) is 6.04 Å². The number of nitrogens with one attached hydrogen (secondary N) is 1. The second-order valence-electron chi connectivity index (χ2n) is 5.16. The van der Waals surface area contributed by atoms with Crippen molar-refractivity contribution in [3.05, 3.63) is 47.5 Å². The highest BCUT2D eigenvalue weighted by molar-refractivity contribution is 5.32. The number of benzene rings is 1. The molecule has 0 unspecified atom stereocenters. The number of aromatic nitrogens is 3. The minimum absolute atomic E-state index is 0.303. The molecule has 1 fully saturated rings.